The minimum Gasteiger partial charge on any atom is -0.353 e. The highest BCUT2D eigenvalue weighted by Crippen LogP contribution is 2.09. The van der Waals surface area contributed by atoms with Crippen LogP contribution in [0, 0.1) is 0 Å². The lowest BCUT2D eigenvalue weighted by Gasteiger charge is -2.27. The smallest absolute Gasteiger partial charge is 0.246 e. The second kappa shape index (κ2) is 53.5. The first-order valence-corrected chi connectivity index (χ1v) is 28.8. The zero-order valence-corrected chi connectivity index (χ0v) is 50.7. The molecule has 85 heavy (non-hydrogen) atoms. The highest BCUT2D eigenvalue weighted by atomic mass is 16.2. The maximum absolute atomic E-state index is 12.1. The van der Waals surface area contributed by atoms with Crippen LogP contribution in [-0.4, -0.2) is 185 Å². The molecule has 19 nitrogen and oxygen atoms in total. The van der Waals surface area contributed by atoms with Crippen molar-refractivity contribution in [2.24, 2.45) is 0 Å². The van der Waals surface area contributed by atoms with Gasteiger partial charge >= 0.3 is 0 Å². The fourth-order valence-electron chi connectivity index (χ4n) is 7.83. The Morgan fingerprint density at radius 1 is 0.224 bits per heavy atom. The Balaban J connectivity index is -0.00000119. The lowest BCUT2D eigenvalue weighted by Crippen LogP contribution is -2.41. The van der Waals surface area contributed by atoms with Gasteiger partial charge in [0.1, 0.15) is 0 Å². The fourth-order valence-corrected chi connectivity index (χ4v) is 7.83. The summed E-state index contributed by atoms with van der Waals surface area (Å²) in [7, 11) is 0. The number of hydrogen-bond donors (Lipinski definition) is 1. The van der Waals surface area contributed by atoms with Crippen LogP contribution in [0.1, 0.15) is 109 Å². The molecular weight excluding hydrogens is 1080 g/mol. The molecule has 0 saturated carbocycles. The van der Waals surface area contributed by atoms with Crippen LogP contribution in [0.3, 0.4) is 0 Å². The van der Waals surface area contributed by atoms with E-state index in [4.69, 9.17) is 0 Å². The summed E-state index contributed by atoms with van der Waals surface area (Å²) in [5.41, 5.74) is 0. The number of amides is 7. The van der Waals surface area contributed by atoms with Crippen LogP contribution in [0.25, 0.3) is 0 Å². The van der Waals surface area contributed by atoms with Gasteiger partial charge in [0.05, 0.1) is 0 Å². The average molecular weight is 1180 g/mol. The number of allylic oxidation sites excluding steroid dienone is 5. The number of carbonyl (C=O) groups is 12. The molecular formula is C66H97N7O12. The zero-order chi connectivity index (χ0) is 64.8. The lowest BCUT2D eigenvalue weighted by molar-refractivity contribution is -0.130. The van der Waals surface area contributed by atoms with Crippen LogP contribution in [0.15, 0.2) is 152 Å². The molecule has 0 aliphatic heterocycles. The van der Waals surface area contributed by atoms with Gasteiger partial charge in [-0.05, 0) is 150 Å². The van der Waals surface area contributed by atoms with Crippen molar-refractivity contribution in [3.63, 3.8) is 0 Å². The Bertz CT molecular complexity index is 2200. The summed E-state index contributed by atoms with van der Waals surface area (Å²) in [6.45, 7) is 47.7. The molecule has 0 aromatic carbocycles. The van der Waals surface area contributed by atoms with Gasteiger partial charge in [0.25, 0.3) is 0 Å². The van der Waals surface area contributed by atoms with E-state index in [1.165, 1.54) is 72.9 Å². The number of nitrogens with zero attached hydrogens (tertiary/aromatic N) is 6. The molecule has 0 unspecified atom stereocenters. The van der Waals surface area contributed by atoms with E-state index in [0.29, 0.717) is 194 Å². The van der Waals surface area contributed by atoms with Crippen molar-refractivity contribution in [1.82, 2.24) is 34.7 Å². The van der Waals surface area contributed by atoms with Crippen molar-refractivity contribution in [3.8, 4) is 0 Å². The van der Waals surface area contributed by atoms with E-state index in [2.05, 4.69) is 84.3 Å². The third kappa shape index (κ3) is 42.9. The molecule has 0 fully saturated rings. The van der Waals surface area contributed by atoms with Crippen LogP contribution in [-0.2, 0) is 57.5 Å². The molecule has 0 bridgehead atoms. The number of nitrogens with one attached hydrogen (secondary N) is 1. The van der Waals surface area contributed by atoms with E-state index in [0.717, 1.165) is 0 Å². The number of carbonyl (C=O) groups excluding carboxylic acids is 12. The van der Waals surface area contributed by atoms with Gasteiger partial charge in [-0.1, -0.05) is 78.9 Å². The highest BCUT2D eigenvalue weighted by molar-refractivity contribution is 5.92. The van der Waals surface area contributed by atoms with Crippen molar-refractivity contribution in [3.05, 3.63) is 152 Å². The van der Waals surface area contributed by atoms with Gasteiger partial charge < -0.3 is 34.7 Å². The summed E-state index contributed by atoms with van der Waals surface area (Å²) in [4.78, 5) is 150. The van der Waals surface area contributed by atoms with Gasteiger partial charge in [-0.2, -0.15) is 0 Å². The Labute approximate surface area is 506 Å². The van der Waals surface area contributed by atoms with Gasteiger partial charge in [0, 0.05) is 117 Å². The molecule has 19 heteroatoms. The number of hydrogen-bond acceptors (Lipinski definition) is 12. The molecule has 0 aromatic heterocycles. The van der Waals surface area contributed by atoms with E-state index in [1.807, 2.05) is 0 Å². The topological polar surface area (TPSA) is 236 Å². The summed E-state index contributed by atoms with van der Waals surface area (Å²) in [5, 5.41) is 2.65. The zero-order valence-electron chi connectivity index (χ0n) is 50.7. The Morgan fingerprint density at radius 2 is 0.424 bits per heavy atom. The summed E-state index contributed by atoms with van der Waals surface area (Å²) >= 11 is 0. The highest BCUT2D eigenvalue weighted by Gasteiger charge is 2.18. The maximum Gasteiger partial charge on any atom is 0.246 e. The van der Waals surface area contributed by atoms with Gasteiger partial charge in [-0.3, -0.25) is 57.5 Å². The fraction of sp³-hybridized carbons (Fsp3) is 0.455. The van der Waals surface area contributed by atoms with Crippen LogP contribution < -0.4 is 5.32 Å². The van der Waals surface area contributed by atoms with Crippen LogP contribution in [0.5, 0.6) is 0 Å². The number of unbranched alkanes of at least 4 members (excludes halogenated alkanes) is 4. The monoisotopic (exact) mass is 1180 g/mol. The van der Waals surface area contributed by atoms with E-state index < -0.39 is 0 Å². The van der Waals surface area contributed by atoms with Gasteiger partial charge in [-0.15, -0.1) is 0 Å². The quantitative estimate of drug-likeness (QED) is 0.0455. The predicted molar refractivity (Wildman–Crippen MR) is 338 cm³/mol. The molecule has 0 saturated heterocycles. The molecule has 0 radical (unpaired) electrons. The SMILES string of the molecule is C=CC(=O)CCCCN(CCCN(CCCC(=O)C=C)C(=O)C=C)C(=O)C=C.C=CC(=O)CCCCN(CCCN(CCCCC(=O)C=C)C(=O)C=C)C(=O)C=C.C=CC(=O)CCCCN(CCN(CCCNC(=O)C=C)C(=O)C=C)C(=O)C=C. The summed E-state index contributed by atoms with van der Waals surface area (Å²) in [5.74, 6) is -1.50. The number of ketones is 5. The van der Waals surface area contributed by atoms with Crippen molar-refractivity contribution < 1.29 is 57.5 Å². The molecule has 0 atom stereocenters. The third-order valence-electron chi connectivity index (χ3n) is 12.8. The van der Waals surface area contributed by atoms with Crippen molar-refractivity contribution in [1.29, 1.82) is 0 Å². The predicted octanol–water partition coefficient (Wildman–Crippen LogP) is 7.76. The molecule has 0 rings (SSSR count). The normalized spacial score (nSPS) is 9.84. The Hall–Kier alpha value is -8.48. The van der Waals surface area contributed by atoms with E-state index in [-0.39, 0.29) is 70.3 Å². The first kappa shape index (κ1) is 80.7. The van der Waals surface area contributed by atoms with Crippen molar-refractivity contribution >= 4 is 70.3 Å². The maximum atomic E-state index is 12.1. The minimum atomic E-state index is -0.265. The van der Waals surface area contributed by atoms with E-state index in [1.54, 1.807) is 29.4 Å². The molecule has 0 heterocycles. The van der Waals surface area contributed by atoms with Gasteiger partial charge in [0.15, 0.2) is 28.9 Å². The lowest BCUT2D eigenvalue weighted by atomic mass is 10.1. The van der Waals surface area contributed by atoms with Crippen molar-refractivity contribution in [2.45, 2.75) is 109 Å². The van der Waals surface area contributed by atoms with Gasteiger partial charge in [-0.25, -0.2) is 0 Å². The first-order valence-electron chi connectivity index (χ1n) is 28.8. The largest absolute Gasteiger partial charge is 0.353 e. The minimum absolute atomic E-state index is 0.0000307. The summed E-state index contributed by atoms with van der Waals surface area (Å²) in [6.07, 6.45) is 25.1. The molecule has 0 spiro atoms. The van der Waals surface area contributed by atoms with E-state index in [9.17, 15) is 57.5 Å². The Morgan fingerprint density at radius 3 is 0.647 bits per heavy atom. The molecule has 468 valence electrons. The molecule has 0 aliphatic rings. The second-order valence-electron chi connectivity index (χ2n) is 19.0. The average Bonchev–Trinajstić information content (AvgIpc) is 3.52. The molecule has 0 aliphatic carbocycles. The van der Waals surface area contributed by atoms with Crippen LogP contribution in [0.2, 0.25) is 0 Å². The standard InChI is InChI=1S/C23H34N2O4.C22H32N2O4.C21H31N3O4/c1-5-20(26)14-9-11-16-24(22(28)7-3)18-13-19-25(23(29)8-4)17-12-10-15-21(27)6-2;1-5-19(25)13-9-10-15-23(21(27)7-3)17-12-18-24(22(28)8-4)16-11-14-20(26)6-2;1-5-18(25)12-9-10-14-23(20(27)7-3)16-17-24(21(28)8-4)15-11-13-22-19(26)6-2/h5-8H,1-4,9-19H2;5-8H,1-4,9-18H2;5-8H,1-4,9-17H2,(H,22,26). The first-order chi connectivity index (χ1) is 40.7. The summed E-state index contributed by atoms with van der Waals surface area (Å²) in [6, 6.07) is 0. The third-order valence-corrected chi connectivity index (χ3v) is 12.8. The summed E-state index contributed by atoms with van der Waals surface area (Å²) < 4.78 is 0. The second-order valence-corrected chi connectivity index (χ2v) is 19.0. The van der Waals surface area contributed by atoms with Crippen LogP contribution in [0.4, 0.5) is 0 Å². The number of rotatable bonds is 51. The molecule has 0 aromatic rings. The molecule has 1 N–H and O–H groups in total. The van der Waals surface area contributed by atoms with Gasteiger partial charge in [0.2, 0.25) is 41.4 Å². The van der Waals surface area contributed by atoms with Crippen LogP contribution >= 0.6 is 0 Å². The van der Waals surface area contributed by atoms with Crippen molar-refractivity contribution in [2.75, 3.05) is 85.1 Å². The Kier molecular flexibility index (Phi) is 50.8. The van der Waals surface area contributed by atoms with E-state index >= 15 is 0 Å². The molecule has 7 amide bonds.